The number of hydrogen-bond donors (Lipinski definition) is 1. The van der Waals surface area contributed by atoms with E-state index in [9.17, 15) is 0 Å². The zero-order chi connectivity index (χ0) is 12.7. The molecule has 3 unspecified atom stereocenters. The van der Waals surface area contributed by atoms with Crippen LogP contribution in [0, 0.1) is 17.8 Å². The SMILES string of the molecule is CCCCC(CC)CN1CCC(CN)C(C)C1. The van der Waals surface area contributed by atoms with E-state index in [0.717, 1.165) is 24.3 Å². The molecule has 2 heteroatoms. The zero-order valence-electron chi connectivity index (χ0n) is 12.1. The summed E-state index contributed by atoms with van der Waals surface area (Å²) in [4.78, 5) is 2.68. The number of hydrogen-bond acceptors (Lipinski definition) is 2. The van der Waals surface area contributed by atoms with Crippen molar-refractivity contribution in [3.8, 4) is 0 Å². The molecule has 2 nitrogen and oxygen atoms in total. The Bertz CT molecular complexity index is 193. The number of unbranched alkanes of at least 4 members (excludes halogenated alkanes) is 1. The van der Waals surface area contributed by atoms with Gasteiger partial charge >= 0.3 is 0 Å². The van der Waals surface area contributed by atoms with Crippen LogP contribution in [-0.4, -0.2) is 31.1 Å². The van der Waals surface area contributed by atoms with Crippen molar-refractivity contribution in [3.05, 3.63) is 0 Å². The summed E-state index contributed by atoms with van der Waals surface area (Å²) < 4.78 is 0. The Hall–Kier alpha value is -0.0800. The first-order chi connectivity index (χ1) is 8.21. The van der Waals surface area contributed by atoms with Crippen LogP contribution in [-0.2, 0) is 0 Å². The summed E-state index contributed by atoms with van der Waals surface area (Å²) in [5, 5.41) is 0. The summed E-state index contributed by atoms with van der Waals surface area (Å²) in [6, 6.07) is 0. The second-order valence-electron chi connectivity index (χ2n) is 5.94. The summed E-state index contributed by atoms with van der Waals surface area (Å²) in [6.45, 7) is 11.7. The quantitative estimate of drug-likeness (QED) is 0.741. The number of nitrogens with two attached hydrogens (primary N) is 1. The molecule has 2 N–H and O–H groups in total. The molecule has 3 atom stereocenters. The summed E-state index contributed by atoms with van der Waals surface area (Å²) >= 11 is 0. The molecule has 102 valence electrons. The van der Waals surface area contributed by atoms with E-state index in [1.165, 1.54) is 51.7 Å². The molecule has 0 radical (unpaired) electrons. The summed E-state index contributed by atoms with van der Waals surface area (Å²) in [6.07, 6.45) is 6.79. The van der Waals surface area contributed by atoms with E-state index in [-0.39, 0.29) is 0 Å². The van der Waals surface area contributed by atoms with Crippen LogP contribution < -0.4 is 5.73 Å². The molecule has 0 amide bonds. The minimum Gasteiger partial charge on any atom is -0.330 e. The van der Waals surface area contributed by atoms with Gasteiger partial charge < -0.3 is 10.6 Å². The summed E-state index contributed by atoms with van der Waals surface area (Å²) in [5.41, 5.74) is 5.81. The summed E-state index contributed by atoms with van der Waals surface area (Å²) in [5.74, 6) is 2.47. The van der Waals surface area contributed by atoms with Crippen molar-refractivity contribution in [1.82, 2.24) is 4.90 Å². The van der Waals surface area contributed by atoms with Crippen LogP contribution in [0.3, 0.4) is 0 Å². The number of rotatable bonds is 7. The highest BCUT2D eigenvalue weighted by molar-refractivity contribution is 4.79. The standard InChI is InChI=1S/C15H32N2/c1-4-6-7-14(5-2)12-17-9-8-15(10-16)13(3)11-17/h13-15H,4-12,16H2,1-3H3. The van der Waals surface area contributed by atoms with Gasteiger partial charge in [0.05, 0.1) is 0 Å². The fraction of sp³-hybridized carbons (Fsp3) is 1.00. The lowest BCUT2D eigenvalue weighted by Gasteiger charge is -2.38. The smallest absolute Gasteiger partial charge is 0.00103 e. The molecule has 17 heavy (non-hydrogen) atoms. The molecule has 1 heterocycles. The van der Waals surface area contributed by atoms with Crippen molar-refractivity contribution in [2.24, 2.45) is 23.5 Å². The normalized spacial score (nSPS) is 28.2. The Morgan fingerprint density at radius 1 is 1.35 bits per heavy atom. The van der Waals surface area contributed by atoms with Crippen LogP contribution in [0.2, 0.25) is 0 Å². The van der Waals surface area contributed by atoms with E-state index in [1.807, 2.05) is 0 Å². The van der Waals surface area contributed by atoms with Crippen LogP contribution in [0.1, 0.15) is 52.9 Å². The highest BCUT2D eigenvalue weighted by atomic mass is 15.1. The maximum Gasteiger partial charge on any atom is 0.00103 e. The number of likely N-dealkylation sites (tertiary alicyclic amines) is 1. The van der Waals surface area contributed by atoms with Gasteiger partial charge in [0.1, 0.15) is 0 Å². The van der Waals surface area contributed by atoms with E-state index in [0.29, 0.717) is 0 Å². The van der Waals surface area contributed by atoms with Gasteiger partial charge in [-0.05, 0) is 43.7 Å². The highest BCUT2D eigenvalue weighted by Crippen LogP contribution is 2.24. The number of piperidine rings is 1. The molecule has 0 aromatic carbocycles. The van der Waals surface area contributed by atoms with E-state index in [1.54, 1.807) is 0 Å². The van der Waals surface area contributed by atoms with Crippen molar-refractivity contribution in [3.63, 3.8) is 0 Å². The minimum atomic E-state index is 0.766. The second-order valence-corrected chi connectivity index (χ2v) is 5.94. The molecule has 0 spiro atoms. The third kappa shape index (κ3) is 4.97. The Balaban J connectivity index is 2.31. The molecule has 0 aliphatic carbocycles. The molecule has 1 saturated heterocycles. The lowest BCUT2D eigenvalue weighted by Crippen LogP contribution is -2.43. The van der Waals surface area contributed by atoms with E-state index < -0.39 is 0 Å². The van der Waals surface area contributed by atoms with E-state index in [2.05, 4.69) is 25.7 Å². The average Bonchev–Trinajstić information content (AvgIpc) is 2.34. The molecule has 1 rings (SSSR count). The topological polar surface area (TPSA) is 29.3 Å². The van der Waals surface area contributed by atoms with Gasteiger partial charge in [0.25, 0.3) is 0 Å². The molecule has 1 aliphatic rings. The Morgan fingerprint density at radius 3 is 2.65 bits per heavy atom. The molecule has 0 aromatic heterocycles. The van der Waals surface area contributed by atoms with Gasteiger partial charge in [-0.2, -0.15) is 0 Å². The van der Waals surface area contributed by atoms with Crippen molar-refractivity contribution in [2.75, 3.05) is 26.2 Å². The predicted octanol–water partition coefficient (Wildman–Crippen LogP) is 3.12. The first-order valence-corrected chi connectivity index (χ1v) is 7.63. The van der Waals surface area contributed by atoms with E-state index in [4.69, 9.17) is 5.73 Å². The Labute approximate surface area is 108 Å². The molecular formula is C15H32N2. The second kappa shape index (κ2) is 8.10. The molecule has 1 aliphatic heterocycles. The van der Waals surface area contributed by atoms with Crippen LogP contribution >= 0.6 is 0 Å². The molecule has 0 aromatic rings. The third-order valence-electron chi connectivity index (χ3n) is 4.53. The van der Waals surface area contributed by atoms with Crippen molar-refractivity contribution in [2.45, 2.75) is 52.9 Å². The monoisotopic (exact) mass is 240 g/mol. The molecule has 1 fully saturated rings. The van der Waals surface area contributed by atoms with Gasteiger partial charge in [-0.25, -0.2) is 0 Å². The van der Waals surface area contributed by atoms with Crippen LogP contribution in [0.25, 0.3) is 0 Å². The van der Waals surface area contributed by atoms with Crippen molar-refractivity contribution in [1.29, 1.82) is 0 Å². The fourth-order valence-electron chi connectivity index (χ4n) is 3.08. The van der Waals surface area contributed by atoms with Gasteiger partial charge in [-0.3, -0.25) is 0 Å². The largest absolute Gasteiger partial charge is 0.330 e. The highest BCUT2D eigenvalue weighted by Gasteiger charge is 2.25. The van der Waals surface area contributed by atoms with Crippen LogP contribution in [0.15, 0.2) is 0 Å². The van der Waals surface area contributed by atoms with E-state index >= 15 is 0 Å². The van der Waals surface area contributed by atoms with Gasteiger partial charge in [0.15, 0.2) is 0 Å². The first kappa shape index (κ1) is 15.0. The van der Waals surface area contributed by atoms with Gasteiger partial charge in [-0.15, -0.1) is 0 Å². The molecular weight excluding hydrogens is 208 g/mol. The fourth-order valence-corrected chi connectivity index (χ4v) is 3.08. The third-order valence-corrected chi connectivity index (χ3v) is 4.53. The molecule has 0 saturated carbocycles. The maximum atomic E-state index is 5.81. The summed E-state index contributed by atoms with van der Waals surface area (Å²) in [7, 11) is 0. The maximum absolute atomic E-state index is 5.81. The van der Waals surface area contributed by atoms with Gasteiger partial charge in [0.2, 0.25) is 0 Å². The van der Waals surface area contributed by atoms with Crippen LogP contribution in [0.4, 0.5) is 0 Å². The Kier molecular flexibility index (Phi) is 7.14. The lowest BCUT2D eigenvalue weighted by molar-refractivity contribution is 0.112. The zero-order valence-corrected chi connectivity index (χ0v) is 12.1. The minimum absolute atomic E-state index is 0.766. The Morgan fingerprint density at radius 2 is 2.12 bits per heavy atom. The van der Waals surface area contributed by atoms with Gasteiger partial charge in [-0.1, -0.05) is 40.0 Å². The van der Waals surface area contributed by atoms with Crippen LogP contribution in [0.5, 0.6) is 0 Å². The predicted molar refractivity (Wildman–Crippen MR) is 76.1 cm³/mol. The van der Waals surface area contributed by atoms with Gasteiger partial charge in [0, 0.05) is 13.1 Å². The van der Waals surface area contributed by atoms with Crippen molar-refractivity contribution < 1.29 is 0 Å². The molecule has 0 bridgehead atoms. The first-order valence-electron chi connectivity index (χ1n) is 7.63. The van der Waals surface area contributed by atoms with Crippen molar-refractivity contribution >= 4 is 0 Å². The average molecular weight is 240 g/mol. The number of nitrogens with zero attached hydrogens (tertiary/aromatic N) is 1. The lowest BCUT2D eigenvalue weighted by atomic mass is 9.86.